The van der Waals surface area contributed by atoms with Crippen LogP contribution in [0.4, 0.5) is 9.59 Å². The maximum absolute atomic E-state index is 11.4. The summed E-state index contributed by atoms with van der Waals surface area (Å²) in [5, 5.41) is 16.2. The molecule has 0 atom stereocenters. The lowest BCUT2D eigenvalue weighted by Gasteiger charge is -2.08. The van der Waals surface area contributed by atoms with Gasteiger partial charge in [-0.1, -0.05) is 12.8 Å². The first-order chi connectivity index (χ1) is 11.2. The Bertz CT molecular complexity index is 305. The molecule has 9 nitrogen and oxygen atoms in total. The van der Waals surface area contributed by atoms with Crippen molar-refractivity contribution in [2.75, 3.05) is 52.6 Å². The van der Waals surface area contributed by atoms with Gasteiger partial charge in [0.05, 0.1) is 26.4 Å². The van der Waals surface area contributed by atoms with E-state index in [9.17, 15) is 9.59 Å². The second-order valence-electron chi connectivity index (χ2n) is 4.84. The number of amides is 3. The van der Waals surface area contributed by atoms with Crippen LogP contribution in [0.15, 0.2) is 0 Å². The summed E-state index contributed by atoms with van der Waals surface area (Å²) in [6.07, 6.45) is 2.58. The van der Waals surface area contributed by atoms with E-state index in [1.54, 1.807) is 0 Å². The Labute approximate surface area is 137 Å². The highest BCUT2D eigenvalue weighted by Gasteiger charge is 1.99. The third-order valence-corrected chi connectivity index (χ3v) is 2.83. The van der Waals surface area contributed by atoms with Gasteiger partial charge in [0.2, 0.25) is 0 Å². The Morgan fingerprint density at radius 2 is 1.35 bits per heavy atom. The smallest absolute Gasteiger partial charge is 0.404 e. The second-order valence-corrected chi connectivity index (χ2v) is 4.84. The van der Waals surface area contributed by atoms with Crippen LogP contribution in [-0.4, -0.2) is 69.8 Å². The van der Waals surface area contributed by atoms with Crippen molar-refractivity contribution in [3.63, 3.8) is 0 Å². The highest BCUT2D eigenvalue weighted by Crippen LogP contribution is 1.97. The Morgan fingerprint density at radius 3 is 1.96 bits per heavy atom. The summed E-state index contributed by atoms with van der Waals surface area (Å²) < 4.78 is 10.4. The number of hydrogen-bond acceptors (Lipinski definition) is 5. The van der Waals surface area contributed by atoms with Crippen LogP contribution < -0.4 is 21.7 Å². The standard InChI is InChI=1S/C14H30N4O5/c15-5-9-22-11-12-23-10-8-17-13(19)16-6-3-1-2-4-7-18-14(20)21/h18H,1-12,15H2,(H,20,21)(H2,16,17,19). The number of carbonyl (C=O) groups excluding carboxylic acids is 1. The molecule has 0 fully saturated rings. The lowest BCUT2D eigenvalue weighted by Crippen LogP contribution is -2.37. The minimum Gasteiger partial charge on any atom is -0.465 e. The third-order valence-electron chi connectivity index (χ3n) is 2.83. The molecule has 0 bridgehead atoms. The molecule has 0 aromatic heterocycles. The van der Waals surface area contributed by atoms with Gasteiger partial charge >= 0.3 is 12.1 Å². The van der Waals surface area contributed by atoms with Crippen molar-refractivity contribution in [1.29, 1.82) is 0 Å². The number of hydrogen-bond donors (Lipinski definition) is 5. The molecule has 0 heterocycles. The molecular formula is C14H30N4O5. The quantitative estimate of drug-likeness (QED) is 0.270. The van der Waals surface area contributed by atoms with Gasteiger partial charge in [0.1, 0.15) is 0 Å². The molecule has 0 aliphatic heterocycles. The molecule has 9 heteroatoms. The van der Waals surface area contributed by atoms with E-state index >= 15 is 0 Å². The van der Waals surface area contributed by atoms with E-state index in [0.717, 1.165) is 25.7 Å². The van der Waals surface area contributed by atoms with Gasteiger partial charge in [0.25, 0.3) is 0 Å². The first kappa shape index (κ1) is 21.4. The number of unbranched alkanes of at least 4 members (excludes halogenated alkanes) is 3. The Morgan fingerprint density at radius 1 is 0.783 bits per heavy atom. The number of carboxylic acid groups (broad SMARTS) is 1. The van der Waals surface area contributed by atoms with Gasteiger partial charge in [-0.05, 0) is 12.8 Å². The van der Waals surface area contributed by atoms with Gasteiger partial charge in [0.15, 0.2) is 0 Å². The predicted molar refractivity (Wildman–Crippen MR) is 86.6 cm³/mol. The molecule has 0 spiro atoms. The largest absolute Gasteiger partial charge is 0.465 e. The maximum Gasteiger partial charge on any atom is 0.404 e. The molecule has 0 aliphatic rings. The minimum atomic E-state index is -0.990. The van der Waals surface area contributed by atoms with E-state index < -0.39 is 6.09 Å². The SMILES string of the molecule is NCCOCCOCCNC(=O)NCCCCCCNC(=O)O. The van der Waals surface area contributed by atoms with Crippen LogP contribution in [0.2, 0.25) is 0 Å². The molecule has 0 unspecified atom stereocenters. The Kier molecular flexibility index (Phi) is 15.6. The average molecular weight is 334 g/mol. The summed E-state index contributed by atoms with van der Waals surface area (Å²) in [7, 11) is 0. The predicted octanol–water partition coefficient (Wildman–Crippen LogP) is 0.106. The number of nitrogens with one attached hydrogen (secondary N) is 3. The number of carbonyl (C=O) groups is 2. The van der Waals surface area contributed by atoms with Gasteiger partial charge in [-0.2, -0.15) is 0 Å². The fourth-order valence-corrected chi connectivity index (χ4v) is 1.71. The molecule has 0 aromatic rings. The monoisotopic (exact) mass is 334 g/mol. The zero-order valence-electron chi connectivity index (χ0n) is 13.6. The maximum atomic E-state index is 11.4. The van der Waals surface area contributed by atoms with Crippen LogP contribution in [0, 0.1) is 0 Å². The topological polar surface area (TPSA) is 135 Å². The van der Waals surface area contributed by atoms with Gasteiger partial charge in [-0.25, -0.2) is 9.59 Å². The number of ether oxygens (including phenoxy) is 2. The molecule has 0 saturated carbocycles. The van der Waals surface area contributed by atoms with E-state index in [2.05, 4.69) is 16.0 Å². The fraction of sp³-hybridized carbons (Fsp3) is 0.857. The fourth-order valence-electron chi connectivity index (χ4n) is 1.71. The average Bonchev–Trinajstić information content (AvgIpc) is 2.52. The Balaban J connectivity index is 3.17. The summed E-state index contributed by atoms with van der Waals surface area (Å²) in [4.78, 5) is 21.6. The summed E-state index contributed by atoms with van der Waals surface area (Å²) in [5.74, 6) is 0. The van der Waals surface area contributed by atoms with Gasteiger partial charge in [-0.15, -0.1) is 0 Å². The minimum absolute atomic E-state index is 0.208. The van der Waals surface area contributed by atoms with Gasteiger partial charge in [-0.3, -0.25) is 0 Å². The number of urea groups is 1. The first-order valence-electron chi connectivity index (χ1n) is 8.01. The van der Waals surface area contributed by atoms with Gasteiger partial charge in [0, 0.05) is 26.2 Å². The summed E-state index contributed by atoms with van der Waals surface area (Å²) in [6.45, 7) is 3.98. The molecule has 136 valence electrons. The second kappa shape index (κ2) is 16.8. The lowest BCUT2D eigenvalue weighted by atomic mass is 10.2. The van der Waals surface area contributed by atoms with Crippen LogP contribution in [0.25, 0.3) is 0 Å². The van der Waals surface area contributed by atoms with Crippen molar-refractivity contribution in [1.82, 2.24) is 16.0 Å². The lowest BCUT2D eigenvalue weighted by molar-refractivity contribution is 0.0524. The summed E-state index contributed by atoms with van der Waals surface area (Å²) in [5.41, 5.74) is 5.27. The van der Waals surface area contributed by atoms with Crippen LogP contribution in [-0.2, 0) is 9.47 Å². The van der Waals surface area contributed by atoms with Crippen molar-refractivity contribution >= 4 is 12.1 Å². The number of nitrogens with two attached hydrogens (primary N) is 1. The van der Waals surface area contributed by atoms with Crippen molar-refractivity contribution in [3.05, 3.63) is 0 Å². The number of rotatable bonds is 15. The molecular weight excluding hydrogens is 304 g/mol. The molecule has 0 aliphatic carbocycles. The Hall–Kier alpha value is -1.58. The highest BCUT2D eigenvalue weighted by molar-refractivity contribution is 5.73. The van der Waals surface area contributed by atoms with E-state index in [0.29, 0.717) is 52.6 Å². The molecule has 0 rings (SSSR count). The van der Waals surface area contributed by atoms with Crippen molar-refractivity contribution in [2.24, 2.45) is 5.73 Å². The van der Waals surface area contributed by atoms with Crippen LogP contribution in [0.3, 0.4) is 0 Å². The molecule has 23 heavy (non-hydrogen) atoms. The normalized spacial score (nSPS) is 10.3. The van der Waals surface area contributed by atoms with Crippen molar-refractivity contribution in [3.8, 4) is 0 Å². The van der Waals surface area contributed by atoms with E-state index in [1.165, 1.54) is 0 Å². The molecule has 0 radical (unpaired) electrons. The van der Waals surface area contributed by atoms with Crippen molar-refractivity contribution in [2.45, 2.75) is 25.7 Å². The van der Waals surface area contributed by atoms with Crippen LogP contribution >= 0.6 is 0 Å². The van der Waals surface area contributed by atoms with Crippen molar-refractivity contribution < 1.29 is 24.2 Å². The van der Waals surface area contributed by atoms with Crippen LogP contribution in [0.5, 0.6) is 0 Å². The van der Waals surface area contributed by atoms with E-state index in [-0.39, 0.29) is 6.03 Å². The first-order valence-corrected chi connectivity index (χ1v) is 8.01. The third kappa shape index (κ3) is 18.4. The van der Waals surface area contributed by atoms with E-state index in [4.69, 9.17) is 20.3 Å². The van der Waals surface area contributed by atoms with E-state index in [1.807, 2.05) is 0 Å². The van der Waals surface area contributed by atoms with Crippen LogP contribution in [0.1, 0.15) is 25.7 Å². The zero-order chi connectivity index (χ0) is 17.2. The molecule has 0 saturated heterocycles. The highest BCUT2D eigenvalue weighted by atomic mass is 16.5. The van der Waals surface area contributed by atoms with Gasteiger partial charge < -0.3 is 36.3 Å². The summed E-state index contributed by atoms with van der Waals surface area (Å²) >= 11 is 0. The molecule has 6 N–H and O–H groups in total. The molecule has 0 aromatic carbocycles. The molecule has 3 amide bonds. The summed E-state index contributed by atoms with van der Waals surface area (Å²) in [6, 6.07) is -0.208. The zero-order valence-corrected chi connectivity index (χ0v) is 13.6.